The lowest BCUT2D eigenvalue weighted by Gasteiger charge is -2.62. The highest BCUT2D eigenvalue weighted by molar-refractivity contribution is 5.85. The van der Waals surface area contributed by atoms with Gasteiger partial charge in [0.25, 0.3) is 0 Å². The lowest BCUT2D eigenvalue weighted by Crippen LogP contribution is -2.74. The topological polar surface area (TPSA) is 65.8 Å². The minimum Gasteiger partial charge on any atom is -0.504 e. The Morgan fingerprint density at radius 3 is 2.88 bits per heavy atom. The highest BCUT2D eigenvalue weighted by Gasteiger charge is 2.72. The molecule has 32 heavy (non-hydrogen) atoms. The number of fused-ring (bicyclic) bond motifs is 3. The molecule has 1 fully saturated rings. The van der Waals surface area contributed by atoms with Gasteiger partial charge >= 0.3 is 0 Å². The largest absolute Gasteiger partial charge is 0.504 e. The molecule has 7 rings (SSSR count). The van der Waals surface area contributed by atoms with E-state index in [1.54, 1.807) is 6.07 Å². The minimum absolute atomic E-state index is 0. The minimum atomic E-state index is -1.12. The van der Waals surface area contributed by atoms with Gasteiger partial charge in [-0.25, -0.2) is 9.37 Å². The average Bonchev–Trinajstić information content (AvgIpc) is 3.12. The molecule has 3 heterocycles. The molecular weight excluding hydrogens is 431 g/mol. The number of para-hydroxylation sites is 1. The summed E-state index contributed by atoms with van der Waals surface area (Å²) in [5, 5.41) is 24.2. The van der Waals surface area contributed by atoms with Crippen molar-refractivity contribution in [3.8, 4) is 11.5 Å². The number of likely N-dealkylation sites (tertiary alicyclic amines) is 1. The van der Waals surface area contributed by atoms with Crippen LogP contribution in [0, 0.1) is 0 Å². The molecule has 2 aliphatic carbocycles. The number of ether oxygens (including phenoxy) is 1. The van der Waals surface area contributed by atoms with Gasteiger partial charge in [-0.2, -0.15) is 0 Å². The molecule has 0 saturated carbocycles. The number of alkyl halides is 1. The van der Waals surface area contributed by atoms with Gasteiger partial charge < -0.3 is 14.9 Å². The molecular formula is C25H24ClFN2O3. The fraction of sp³-hybridized carbons (Fsp3) is 0.400. The van der Waals surface area contributed by atoms with Crippen LogP contribution in [-0.4, -0.2) is 51.5 Å². The number of piperidine rings is 1. The van der Waals surface area contributed by atoms with Crippen LogP contribution in [0.15, 0.2) is 42.5 Å². The lowest BCUT2D eigenvalue weighted by molar-refractivity contribution is -0.173. The summed E-state index contributed by atoms with van der Waals surface area (Å²) in [6.07, 6.45) is 1.24. The van der Waals surface area contributed by atoms with E-state index in [9.17, 15) is 14.6 Å². The molecule has 4 aliphatic rings. The third kappa shape index (κ3) is 2.18. The molecule has 7 heteroatoms. The number of phenols is 1. The monoisotopic (exact) mass is 454 g/mol. The van der Waals surface area contributed by atoms with Crippen LogP contribution in [0.5, 0.6) is 11.5 Å². The van der Waals surface area contributed by atoms with Gasteiger partial charge in [0.1, 0.15) is 6.67 Å². The number of nitrogens with zero attached hydrogens (tertiary/aromatic N) is 2. The fourth-order valence-corrected chi connectivity index (χ4v) is 7.01. The summed E-state index contributed by atoms with van der Waals surface area (Å²) >= 11 is 0. The van der Waals surface area contributed by atoms with Gasteiger partial charge in [-0.05, 0) is 48.7 Å². The van der Waals surface area contributed by atoms with Crippen LogP contribution >= 0.6 is 12.4 Å². The molecule has 3 aromatic rings. The number of aliphatic hydroxyl groups is 1. The summed E-state index contributed by atoms with van der Waals surface area (Å²) in [7, 11) is 0. The second kappa shape index (κ2) is 6.56. The second-order valence-electron chi connectivity index (χ2n) is 9.44. The summed E-state index contributed by atoms with van der Waals surface area (Å²) in [5.41, 5.74) is 2.95. The number of phenolic OH excluding ortho intramolecular Hbond substituents is 1. The maximum Gasteiger partial charge on any atom is 0.166 e. The maximum atomic E-state index is 13.4. The molecule has 1 saturated heterocycles. The first-order chi connectivity index (χ1) is 15.1. The van der Waals surface area contributed by atoms with Crippen molar-refractivity contribution in [1.82, 2.24) is 9.88 Å². The fourth-order valence-electron chi connectivity index (χ4n) is 7.01. The van der Waals surface area contributed by atoms with Crippen molar-refractivity contribution in [1.29, 1.82) is 0 Å². The van der Waals surface area contributed by atoms with Crippen molar-refractivity contribution < 1.29 is 19.3 Å². The van der Waals surface area contributed by atoms with Crippen molar-refractivity contribution in [2.45, 2.75) is 42.4 Å². The van der Waals surface area contributed by atoms with Crippen LogP contribution in [0.2, 0.25) is 0 Å². The SMILES string of the molecule is Cl.Oc1ccc2c3c1O[C@H]1c4nc5ccccc5cc4C[C@@]4(O)[C@@H](C2)N(CCF)CC[C@]314. The van der Waals surface area contributed by atoms with Gasteiger partial charge in [0.15, 0.2) is 17.6 Å². The van der Waals surface area contributed by atoms with E-state index in [1.165, 1.54) is 0 Å². The summed E-state index contributed by atoms with van der Waals surface area (Å²) in [5.74, 6) is 0.595. The molecule has 5 nitrogen and oxygen atoms in total. The molecule has 1 spiro atoms. The number of pyridine rings is 1. The first-order valence-electron chi connectivity index (χ1n) is 11.0. The van der Waals surface area contributed by atoms with Crippen molar-refractivity contribution in [2.24, 2.45) is 0 Å². The molecule has 0 unspecified atom stereocenters. The third-order valence-corrected chi connectivity index (χ3v) is 8.24. The standard InChI is InChI=1S/C25H23FN2O3.ClH/c26-8-10-28-9-7-24-20-15-5-6-18(29)22(20)31-23(24)21-16(13-25(24,30)19(28)12-15)11-14-3-1-2-4-17(14)27-21;/h1-6,11,19,23,29-30H,7-10,12-13H2;1H/t19-,23+,24+,25-;/m1./s1. The quantitative estimate of drug-likeness (QED) is 0.619. The lowest BCUT2D eigenvalue weighted by atomic mass is 9.49. The van der Waals surface area contributed by atoms with Crippen LogP contribution in [0.1, 0.15) is 34.9 Å². The maximum absolute atomic E-state index is 13.4. The predicted molar refractivity (Wildman–Crippen MR) is 120 cm³/mol. The summed E-state index contributed by atoms with van der Waals surface area (Å²) in [6.45, 7) is 0.571. The number of rotatable bonds is 2. The Labute approximate surface area is 191 Å². The highest BCUT2D eigenvalue weighted by Crippen LogP contribution is 2.68. The molecule has 0 radical (unpaired) electrons. The van der Waals surface area contributed by atoms with Gasteiger partial charge in [-0.3, -0.25) is 4.90 Å². The van der Waals surface area contributed by atoms with Crippen LogP contribution in [0.25, 0.3) is 10.9 Å². The summed E-state index contributed by atoms with van der Waals surface area (Å²) in [4.78, 5) is 7.10. The Bertz CT molecular complexity index is 1270. The zero-order chi connectivity index (χ0) is 21.0. The van der Waals surface area contributed by atoms with E-state index in [0.717, 1.165) is 33.3 Å². The molecule has 2 N–H and O–H groups in total. The van der Waals surface area contributed by atoms with E-state index < -0.39 is 23.8 Å². The number of halogens is 2. The first kappa shape index (κ1) is 20.2. The number of aromatic nitrogens is 1. The number of hydrogen-bond donors (Lipinski definition) is 2. The summed E-state index contributed by atoms with van der Waals surface area (Å²) in [6, 6.07) is 13.5. The molecule has 0 amide bonds. The normalized spacial score (nSPS) is 31.4. The van der Waals surface area contributed by atoms with E-state index in [0.29, 0.717) is 38.1 Å². The summed E-state index contributed by atoms with van der Waals surface area (Å²) < 4.78 is 19.9. The van der Waals surface area contributed by atoms with Crippen molar-refractivity contribution >= 4 is 23.3 Å². The van der Waals surface area contributed by atoms with E-state index >= 15 is 0 Å². The highest BCUT2D eigenvalue weighted by atomic mass is 35.5. The zero-order valence-corrected chi connectivity index (χ0v) is 18.2. The number of hydrogen-bond acceptors (Lipinski definition) is 5. The van der Waals surface area contributed by atoms with E-state index in [1.807, 2.05) is 30.3 Å². The third-order valence-electron chi connectivity index (χ3n) is 8.24. The molecule has 1 aromatic heterocycles. The molecule has 166 valence electrons. The second-order valence-corrected chi connectivity index (χ2v) is 9.44. The predicted octanol–water partition coefficient (Wildman–Crippen LogP) is 3.62. The first-order valence-corrected chi connectivity index (χ1v) is 11.0. The van der Waals surface area contributed by atoms with Crippen LogP contribution < -0.4 is 4.74 Å². The van der Waals surface area contributed by atoms with Crippen molar-refractivity contribution in [3.05, 3.63) is 64.8 Å². The molecule has 4 atom stereocenters. The average molecular weight is 455 g/mol. The Morgan fingerprint density at radius 1 is 1.19 bits per heavy atom. The Morgan fingerprint density at radius 2 is 2.03 bits per heavy atom. The zero-order valence-electron chi connectivity index (χ0n) is 17.4. The van der Waals surface area contributed by atoms with Crippen molar-refractivity contribution in [3.63, 3.8) is 0 Å². The van der Waals surface area contributed by atoms with Gasteiger partial charge in [0.05, 0.1) is 22.2 Å². The van der Waals surface area contributed by atoms with Gasteiger partial charge in [0.2, 0.25) is 0 Å². The van der Waals surface area contributed by atoms with E-state index in [4.69, 9.17) is 9.72 Å². The van der Waals surface area contributed by atoms with Gasteiger partial charge in [0, 0.05) is 30.0 Å². The Kier molecular flexibility index (Phi) is 4.15. The van der Waals surface area contributed by atoms with E-state index in [-0.39, 0.29) is 24.2 Å². The van der Waals surface area contributed by atoms with Gasteiger partial charge in [-0.1, -0.05) is 24.3 Å². The van der Waals surface area contributed by atoms with Crippen LogP contribution in [0.4, 0.5) is 4.39 Å². The van der Waals surface area contributed by atoms with Crippen molar-refractivity contribution in [2.75, 3.05) is 19.8 Å². The smallest absolute Gasteiger partial charge is 0.166 e. The molecule has 2 aromatic carbocycles. The number of benzene rings is 2. The molecule has 2 aliphatic heterocycles. The van der Waals surface area contributed by atoms with Gasteiger partial charge in [-0.15, -0.1) is 12.4 Å². The Hall–Kier alpha value is -2.41. The Balaban J connectivity index is 0.00000196. The van der Waals surface area contributed by atoms with E-state index in [2.05, 4.69) is 11.0 Å². The molecule has 2 bridgehead atoms. The van der Waals surface area contributed by atoms with Crippen LogP contribution in [0.3, 0.4) is 0 Å². The van der Waals surface area contributed by atoms with Crippen LogP contribution in [-0.2, 0) is 18.3 Å². The number of aromatic hydroxyl groups is 1.